The number of anilines is 1. The topological polar surface area (TPSA) is 35.5 Å². The van der Waals surface area contributed by atoms with Crippen molar-refractivity contribution in [2.45, 2.75) is 58.2 Å². The van der Waals surface area contributed by atoms with Gasteiger partial charge in [-0.2, -0.15) is 0 Å². The maximum atomic E-state index is 10.3. The predicted octanol–water partition coefficient (Wildman–Crippen LogP) is 3.58. The molecule has 3 nitrogen and oxygen atoms in total. The molecule has 1 saturated heterocycles. The summed E-state index contributed by atoms with van der Waals surface area (Å²) in [6.07, 6.45) is 1.87. The van der Waals surface area contributed by atoms with E-state index in [1.807, 2.05) is 19.1 Å². The number of halogens is 1. The molecule has 1 atom stereocenters. The summed E-state index contributed by atoms with van der Waals surface area (Å²) < 4.78 is 0. The summed E-state index contributed by atoms with van der Waals surface area (Å²) in [6, 6.07) is 6.03. The molecule has 118 valence electrons. The maximum Gasteiger partial charge on any atom is 0.0794 e. The van der Waals surface area contributed by atoms with Crippen LogP contribution in [0, 0.1) is 0 Å². The van der Waals surface area contributed by atoms with Gasteiger partial charge in [0.25, 0.3) is 0 Å². The first-order chi connectivity index (χ1) is 9.68. The van der Waals surface area contributed by atoms with Crippen molar-refractivity contribution in [1.82, 2.24) is 5.32 Å². The van der Waals surface area contributed by atoms with Crippen molar-refractivity contribution in [2.24, 2.45) is 0 Å². The molecule has 0 spiro atoms. The van der Waals surface area contributed by atoms with E-state index in [9.17, 15) is 5.11 Å². The van der Waals surface area contributed by atoms with E-state index in [1.54, 1.807) is 0 Å². The Hall–Kier alpha value is -0.770. The summed E-state index contributed by atoms with van der Waals surface area (Å²) in [5, 5.41) is 14.6. The van der Waals surface area contributed by atoms with Gasteiger partial charge in [-0.25, -0.2) is 0 Å². The van der Waals surface area contributed by atoms with Gasteiger partial charge in [0.15, 0.2) is 0 Å². The van der Waals surface area contributed by atoms with Crippen LogP contribution in [0.1, 0.15) is 46.1 Å². The first-order valence-corrected chi connectivity index (χ1v) is 8.05. The number of hydrogen-bond acceptors (Lipinski definition) is 3. The van der Waals surface area contributed by atoms with Crippen molar-refractivity contribution in [3.8, 4) is 0 Å². The van der Waals surface area contributed by atoms with Crippen LogP contribution in [0.25, 0.3) is 0 Å². The molecular weight excluding hydrogens is 284 g/mol. The van der Waals surface area contributed by atoms with Crippen molar-refractivity contribution < 1.29 is 5.11 Å². The van der Waals surface area contributed by atoms with Gasteiger partial charge in [-0.15, -0.1) is 0 Å². The lowest BCUT2D eigenvalue weighted by Crippen LogP contribution is -2.46. The van der Waals surface area contributed by atoms with Crippen LogP contribution in [0.5, 0.6) is 0 Å². The van der Waals surface area contributed by atoms with Gasteiger partial charge in [0.2, 0.25) is 0 Å². The average Bonchev–Trinajstić information content (AvgIpc) is 2.34. The smallest absolute Gasteiger partial charge is 0.0794 e. The zero-order valence-corrected chi connectivity index (χ0v) is 14.3. The minimum absolute atomic E-state index is 0.0455. The van der Waals surface area contributed by atoms with Gasteiger partial charge in [-0.1, -0.05) is 17.7 Å². The number of piperidine rings is 1. The van der Waals surface area contributed by atoms with E-state index in [1.165, 1.54) is 0 Å². The fourth-order valence-corrected chi connectivity index (χ4v) is 3.03. The molecule has 0 amide bonds. The highest BCUT2D eigenvalue weighted by Gasteiger charge is 2.29. The SMILES string of the molecule is CC1(O)CCCN(c2cccc(Cl)c2CNC(C)(C)C)C1. The fraction of sp³-hybridized carbons (Fsp3) is 0.647. The Morgan fingerprint density at radius 3 is 2.71 bits per heavy atom. The molecule has 4 heteroatoms. The molecular formula is C17H27ClN2O. The molecule has 2 N–H and O–H groups in total. The van der Waals surface area contributed by atoms with Gasteiger partial charge in [0, 0.05) is 41.4 Å². The summed E-state index contributed by atoms with van der Waals surface area (Å²) in [7, 11) is 0. The number of β-amino-alcohol motifs (C(OH)–C–C–N with tert-alkyl or cyclic N) is 1. The average molecular weight is 311 g/mol. The van der Waals surface area contributed by atoms with E-state index >= 15 is 0 Å². The Bertz CT molecular complexity index is 494. The Morgan fingerprint density at radius 1 is 1.38 bits per heavy atom. The second-order valence-electron chi connectivity index (χ2n) is 7.36. The molecule has 1 aliphatic heterocycles. The molecule has 1 aromatic carbocycles. The second-order valence-corrected chi connectivity index (χ2v) is 7.77. The first kappa shape index (κ1) is 16.6. The third kappa shape index (κ3) is 4.60. The number of benzene rings is 1. The zero-order chi connectivity index (χ0) is 15.7. The van der Waals surface area contributed by atoms with Crippen LogP contribution in [-0.2, 0) is 6.54 Å². The lowest BCUT2D eigenvalue weighted by atomic mass is 9.94. The molecule has 1 unspecified atom stereocenters. The van der Waals surface area contributed by atoms with E-state index in [0.29, 0.717) is 6.54 Å². The van der Waals surface area contributed by atoms with Crippen LogP contribution in [0.15, 0.2) is 18.2 Å². The maximum absolute atomic E-state index is 10.3. The Balaban J connectivity index is 2.24. The lowest BCUT2D eigenvalue weighted by molar-refractivity contribution is 0.0449. The molecule has 0 saturated carbocycles. The van der Waals surface area contributed by atoms with E-state index in [-0.39, 0.29) is 5.54 Å². The largest absolute Gasteiger partial charge is 0.388 e. The van der Waals surface area contributed by atoms with Crippen molar-refractivity contribution in [3.05, 3.63) is 28.8 Å². The van der Waals surface area contributed by atoms with Crippen molar-refractivity contribution in [3.63, 3.8) is 0 Å². The van der Waals surface area contributed by atoms with Crippen LogP contribution in [0.4, 0.5) is 5.69 Å². The van der Waals surface area contributed by atoms with E-state index < -0.39 is 5.60 Å². The van der Waals surface area contributed by atoms with Gasteiger partial charge < -0.3 is 15.3 Å². The molecule has 0 bridgehead atoms. The molecule has 1 heterocycles. The van der Waals surface area contributed by atoms with Crippen molar-refractivity contribution in [1.29, 1.82) is 0 Å². The van der Waals surface area contributed by atoms with Crippen LogP contribution < -0.4 is 10.2 Å². The quantitative estimate of drug-likeness (QED) is 0.896. The van der Waals surface area contributed by atoms with Crippen molar-refractivity contribution >= 4 is 17.3 Å². The molecule has 2 rings (SSSR count). The number of aliphatic hydroxyl groups is 1. The second kappa shape index (κ2) is 6.15. The molecule has 21 heavy (non-hydrogen) atoms. The zero-order valence-electron chi connectivity index (χ0n) is 13.5. The van der Waals surface area contributed by atoms with E-state index in [0.717, 1.165) is 42.2 Å². The fourth-order valence-electron chi connectivity index (χ4n) is 2.80. The lowest BCUT2D eigenvalue weighted by Gasteiger charge is -2.39. The summed E-state index contributed by atoms with van der Waals surface area (Å²) in [5.74, 6) is 0. The van der Waals surface area contributed by atoms with Crippen LogP contribution in [-0.4, -0.2) is 29.3 Å². The highest BCUT2D eigenvalue weighted by Crippen LogP contribution is 2.32. The van der Waals surface area contributed by atoms with Gasteiger partial charge in [-0.05, 0) is 52.7 Å². The van der Waals surface area contributed by atoms with Gasteiger partial charge in [-0.3, -0.25) is 0 Å². The van der Waals surface area contributed by atoms with Crippen molar-refractivity contribution in [2.75, 3.05) is 18.0 Å². The van der Waals surface area contributed by atoms with Crippen LogP contribution in [0.3, 0.4) is 0 Å². The number of nitrogens with one attached hydrogen (secondary N) is 1. The number of rotatable bonds is 3. The Kier molecular flexibility index (Phi) is 4.86. The molecule has 1 aromatic rings. The highest BCUT2D eigenvalue weighted by molar-refractivity contribution is 6.31. The standard InChI is InChI=1S/C17H27ClN2O/c1-16(2,3)19-11-13-14(18)7-5-8-15(13)20-10-6-9-17(4,21)12-20/h5,7-8,19,21H,6,9-12H2,1-4H3. The summed E-state index contributed by atoms with van der Waals surface area (Å²) in [6.45, 7) is 10.7. The number of nitrogens with zero attached hydrogens (tertiary/aromatic N) is 1. The minimum Gasteiger partial charge on any atom is -0.388 e. The molecule has 0 aliphatic carbocycles. The van der Waals surface area contributed by atoms with Crippen LogP contribution >= 0.6 is 11.6 Å². The Labute approximate surface area is 133 Å². The third-order valence-corrected chi connectivity index (χ3v) is 4.26. The minimum atomic E-state index is -0.616. The number of hydrogen-bond donors (Lipinski definition) is 2. The van der Waals surface area contributed by atoms with E-state index in [4.69, 9.17) is 11.6 Å². The van der Waals surface area contributed by atoms with Gasteiger partial charge in [0.1, 0.15) is 0 Å². The molecule has 1 fully saturated rings. The normalized spacial score (nSPS) is 23.4. The summed E-state index contributed by atoms with van der Waals surface area (Å²) in [4.78, 5) is 2.26. The van der Waals surface area contributed by atoms with Crippen LogP contribution in [0.2, 0.25) is 5.02 Å². The van der Waals surface area contributed by atoms with E-state index in [2.05, 4.69) is 37.1 Å². The Morgan fingerprint density at radius 2 is 2.10 bits per heavy atom. The molecule has 1 aliphatic rings. The third-order valence-electron chi connectivity index (χ3n) is 3.91. The predicted molar refractivity (Wildman–Crippen MR) is 90.1 cm³/mol. The highest BCUT2D eigenvalue weighted by atomic mass is 35.5. The first-order valence-electron chi connectivity index (χ1n) is 7.68. The molecule has 0 radical (unpaired) electrons. The van der Waals surface area contributed by atoms with Gasteiger partial charge in [0.05, 0.1) is 5.60 Å². The summed E-state index contributed by atoms with van der Waals surface area (Å²) >= 11 is 6.42. The van der Waals surface area contributed by atoms with Gasteiger partial charge >= 0.3 is 0 Å². The monoisotopic (exact) mass is 310 g/mol. The summed E-state index contributed by atoms with van der Waals surface area (Å²) in [5.41, 5.74) is 1.69. The molecule has 0 aromatic heterocycles.